The van der Waals surface area contributed by atoms with Crippen molar-refractivity contribution in [2.45, 2.75) is 6.42 Å². The monoisotopic (exact) mass is 408 g/mol. The van der Waals surface area contributed by atoms with E-state index in [0.717, 1.165) is 11.3 Å². The Morgan fingerprint density at radius 1 is 1.00 bits per heavy atom. The van der Waals surface area contributed by atoms with Gasteiger partial charge in [-0.15, -0.1) is 0 Å². The topological polar surface area (TPSA) is 86.3 Å². The summed E-state index contributed by atoms with van der Waals surface area (Å²) in [5, 5.41) is 2.88. The van der Waals surface area contributed by atoms with Crippen LogP contribution >= 0.6 is 0 Å². The molecule has 1 saturated heterocycles. The van der Waals surface area contributed by atoms with Crippen molar-refractivity contribution in [3.63, 3.8) is 0 Å². The van der Waals surface area contributed by atoms with E-state index in [0.29, 0.717) is 42.5 Å². The Bertz CT molecular complexity index is 1030. The number of nitrogens with one attached hydrogen (secondary N) is 1. The Kier molecular flexibility index (Phi) is 4.66. The maximum Gasteiger partial charge on any atom is 0.244 e. The van der Waals surface area contributed by atoms with Crippen molar-refractivity contribution in [1.82, 2.24) is 5.32 Å². The third-order valence-electron chi connectivity index (χ3n) is 5.26. The summed E-state index contributed by atoms with van der Waals surface area (Å²) < 4.78 is 21.3. The Balaban J connectivity index is 1.15. The molecule has 0 aliphatic carbocycles. The van der Waals surface area contributed by atoms with Crippen LogP contribution in [0, 0.1) is 5.92 Å². The summed E-state index contributed by atoms with van der Waals surface area (Å²) in [6.07, 6.45) is 3.58. The molecule has 3 heterocycles. The van der Waals surface area contributed by atoms with Crippen LogP contribution < -0.4 is 29.2 Å². The number of hydrogen-bond acceptors (Lipinski definition) is 6. The summed E-state index contributed by atoms with van der Waals surface area (Å²) in [7, 11) is 0. The Labute approximate surface area is 173 Å². The molecule has 0 aromatic heterocycles. The lowest BCUT2D eigenvalue weighted by Gasteiger charge is -2.17. The van der Waals surface area contributed by atoms with Gasteiger partial charge in [-0.2, -0.15) is 0 Å². The number of hydrogen-bond donors (Lipinski definition) is 1. The number of amides is 2. The first kappa shape index (κ1) is 18.4. The van der Waals surface area contributed by atoms with E-state index < -0.39 is 0 Å². The highest BCUT2D eigenvalue weighted by Crippen LogP contribution is 2.37. The smallest absolute Gasteiger partial charge is 0.244 e. The van der Waals surface area contributed by atoms with E-state index in [1.54, 1.807) is 17.0 Å². The molecule has 2 amide bonds. The standard InChI is InChI=1S/C22H20N2O6/c25-21(6-2-14-1-4-17-19(7-14)29-12-27-17)23-10-15-8-22(26)24(11-15)16-3-5-18-20(9-16)30-13-28-18/h1-7,9,15H,8,10-13H2,(H,23,25)/b6-2-. The normalized spacial score (nSPS) is 19.0. The van der Waals surface area contributed by atoms with Crippen LogP contribution in [-0.4, -0.2) is 38.5 Å². The Morgan fingerprint density at radius 2 is 1.70 bits per heavy atom. The van der Waals surface area contributed by atoms with E-state index in [1.807, 2.05) is 30.3 Å². The summed E-state index contributed by atoms with van der Waals surface area (Å²) in [5.74, 6) is 2.57. The highest BCUT2D eigenvalue weighted by molar-refractivity contribution is 5.96. The van der Waals surface area contributed by atoms with Gasteiger partial charge in [-0.05, 0) is 35.9 Å². The molecule has 8 nitrogen and oxygen atoms in total. The lowest BCUT2D eigenvalue weighted by molar-refractivity contribution is -0.118. The van der Waals surface area contributed by atoms with Crippen molar-refractivity contribution in [2.75, 3.05) is 31.6 Å². The predicted molar refractivity (Wildman–Crippen MR) is 108 cm³/mol. The molecule has 1 unspecified atom stereocenters. The Morgan fingerprint density at radius 3 is 2.50 bits per heavy atom. The number of anilines is 1. The highest BCUT2D eigenvalue weighted by atomic mass is 16.7. The van der Waals surface area contributed by atoms with Crippen molar-refractivity contribution in [3.05, 3.63) is 48.0 Å². The second-order valence-electron chi connectivity index (χ2n) is 7.30. The van der Waals surface area contributed by atoms with Gasteiger partial charge in [-0.1, -0.05) is 6.07 Å². The fraction of sp³-hybridized carbons (Fsp3) is 0.273. The molecule has 0 bridgehead atoms. The second-order valence-corrected chi connectivity index (χ2v) is 7.30. The van der Waals surface area contributed by atoms with Gasteiger partial charge < -0.3 is 29.2 Å². The largest absolute Gasteiger partial charge is 0.454 e. The van der Waals surface area contributed by atoms with Crippen LogP contribution in [-0.2, 0) is 9.59 Å². The van der Waals surface area contributed by atoms with Gasteiger partial charge in [0, 0.05) is 43.3 Å². The zero-order valence-electron chi connectivity index (χ0n) is 16.1. The number of nitrogens with zero attached hydrogens (tertiary/aromatic N) is 1. The van der Waals surface area contributed by atoms with Gasteiger partial charge in [-0.3, -0.25) is 9.59 Å². The van der Waals surface area contributed by atoms with Gasteiger partial charge in [0.2, 0.25) is 25.4 Å². The van der Waals surface area contributed by atoms with Gasteiger partial charge in [0.05, 0.1) is 0 Å². The van der Waals surface area contributed by atoms with Crippen LogP contribution in [0.4, 0.5) is 5.69 Å². The summed E-state index contributed by atoms with van der Waals surface area (Å²) in [4.78, 5) is 26.3. The molecule has 3 aliphatic heterocycles. The fourth-order valence-corrected chi connectivity index (χ4v) is 3.71. The van der Waals surface area contributed by atoms with Gasteiger partial charge >= 0.3 is 0 Å². The van der Waals surface area contributed by atoms with E-state index in [-0.39, 0.29) is 31.3 Å². The molecular formula is C22H20N2O6. The number of ether oxygens (including phenoxy) is 4. The van der Waals surface area contributed by atoms with Gasteiger partial charge in [0.1, 0.15) is 0 Å². The lowest BCUT2D eigenvalue weighted by Crippen LogP contribution is -2.30. The number of carbonyl (C=O) groups is 2. The summed E-state index contributed by atoms with van der Waals surface area (Å²) in [6.45, 7) is 1.38. The molecule has 1 N–H and O–H groups in total. The molecule has 1 atom stereocenters. The maximum atomic E-state index is 12.4. The molecule has 0 spiro atoms. The zero-order valence-corrected chi connectivity index (χ0v) is 16.1. The predicted octanol–water partition coefficient (Wildman–Crippen LogP) is 2.33. The quantitative estimate of drug-likeness (QED) is 0.765. The van der Waals surface area contributed by atoms with Crippen molar-refractivity contribution >= 4 is 23.6 Å². The first-order chi connectivity index (χ1) is 14.7. The third-order valence-corrected chi connectivity index (χ3v) is 5.26. The molecule has 30 heavy (non-hydrogen) atoms. The van der Waals surface area contributed by atoms with Gasteiger partial charge in [0.15, 0.2) is 23.0 Å². The SMILES string of the molecule is O=C(/C=C\c1ccc2c(c1)OCO2)NCC1CC(=O)N(c2ccc3c(c2)OCO3)C1. The average Bonchev–Trinajstić information content (AvgIpc) is 3.49. The zero-order chi connectivity index (χ0) is 20.5. The first-order valence-electron chi connectivity index (χ1n) is 9.71. The number of carbonyl (C=O) groups excluding carboxylic acids is 2. The highest BCUT2D eigenvalue weighted by Gasteiger charge is 2.31. The molecule has 0 radical (unpaired) electrons. The van der Waals surface area contributed by atoms with Crippen LogP contribution in [0.5, 0.6) is 23.0 Å². The van der Waals surface area contributed by atoms with Crippen LogP contribution in [0.15, 0.2) is 42.5 Å². The van der Waals surface area contributed by atoms with Crippen molar-refractivity contribution in [3.8, 4) is 23.0 Å². The molecule has 1 fully saturated rings. The van der Waals surface area contributed by atoms with Crippen molar-refractivity contribution < 1.29 is 28.5 Å². The lowest BCUT2D eigenvalue weighted by atomic mass is 10.1. The van der Waals surface area contributed by atoms with Crippen molar-refractivity contribution in [2.24, 2.45) is 5.92 Å². The summed E-state index contributed by atoms with van der Waals surface area (Å²) in [6, 6.07) is 11.0. The summed E-state index contributed by atoms with van der Waals surface area (Å²) >= 11 is 0. The molecule has 3 aliphatic rings. The van der Waals surface area contributed by atoms with E-state index in [2.05, 4.69) is 5.32 Å². The Hall–Kier alpha value is -3.68. The first-order valence-corrected chi connectivity index (χ1v) is 9.71. The minimum atomic E-state index is -0.207. The molecule has 8 heteroatoms. The molecule has 2 aromatic carbocycles. The maximum absolute atomic E-state index is 12.4. The van der Waals surface area contributed by atoms with Crippen molar-refractivity contribution in [1.29, 1.82) is 0 Å². The van der Waals surface area contributed by atoms with E-state index >= 15 is 0 Å². The van der Waals surface area contributed by atoms with E-state index in [4.69, 9.17) is 18.9 Å². The molecule has 0 saturated carbocycles. The van der Waals surface area contributed by atoms with E-state index in [9.17, 15) is 9.59 Å². The number of fused-ring (bicyclic) bond motifs is 2. The van der Waals surface area contributed by atoms with Crippen LogP contribution in [0.25, 0.3) is 6.08 Å². The summed E-state index contributed by atoms with van der Waals surface area (Å²) in [5.41, 5.74) is 1.63. The van der Waals surface area contributed by atoms with Gasteiger partial charge in [0.25, 0.3) is 0 Å². The van der Waals surface area contributed by atoms with Crippen LogP contribution in [0.1, 0.15) is 12.0 Å². The average molecular weight is 408 g/mol. The van der Waals surface area contributed by atoms with E-state index in [1.165, 1.54) is 6.08 Å². The minimum absolute atomic E-state index is 0.0315. The minimum Gasteiger partial charge on any atom is -0.454 e. The number of rotatable bonds is 5. The molecule has 154 valence electrons. The van der Waals surface area contributed by atoms with Crippen LogP contribution in [0.3, 0.4) is 0 Å². The fourth-order valence-electron chi connectivity index (χ4n) is 3.71. The van der Waals surface area contributed by atoms with Crippen LogP contribution in [0.2, 0.25) is 0 Å². The number of benzene rings is 2. The second kappa shape index (κ2) is 7.62. The molecule has 5 rings (SSSR count). The van der Waals surface area contributed by atoms with Gasteiger partial charge in [-0.25, -0.2) is 0 Å². The molecule has 2 aromatic rings. The molecular weight excluding hydrogens is 388 g/mol. The third kappa shape index (κ3) is 3.63.